The standard InChI is InChI=1S/C11H13N3O.ClH/c1-7-6-10(15)13-14-11(7)8-2-4-9(12)5-3-8;/h2-5,7H,6,12H2,1H3,(H,13,15);1H. The Morgan fingerprint density at radius 1 is 1.38 bits per heavy atom. The van der Waals surface area contributed by atoms with Crippen molar-refractivity contribution in [3.63, 3.8) is 0 Å². The topological polar surface area (TPSA) is 67.5 Å². The molecule has 1 aromatic rings. The third-order valence-electron chi connectivity index (χ3n) is 2.47. The van der Waals surface area contributed by atoms with Crippen LogP contribution in [0.3, 0.4) is 0 Å². The van der Waals surface area contributed by atoms with Crippen LogP contribution in [0, 0.1) is 5.92 Å². The molecule has 0 aromatic heterocycles. The van der Waals surface area contributed by atoms with Gasteiger partial charge >= 0.3 is 0 Å². The van der Waals surface area contributed by atoms with E-state index in [0.717, 1.165) is 17.0 Å². The van der Waals surface area contributed by atoms with Crippen LogP contribution < -0.4 is 11.2 Å². The number of amides is 1. The van der Waals surface area contributed by atoms with Gasteiger partial charge in [0.1, 0.15) is 0 Å². The Bertz CT molecular complexity index is 414. The lowest BCUT2D eigenvalue weighted by molar-refractivity contribution is -0.121. The lowest BCUT2D eigenvalue weighted by atomic mass is 9.94. The molecule has 1 aromatic carbocycles. The summed E-state index contributed by atoms with van der Waals surface area (Å²) in [5, 5.41) is 4.07. The first kappa shape index (κ1) is 12.5. The Labute approximate surface area is 100 Å². The van der Waals surface area contributed by atoms with Crippen molar-refractivity contribution in [3.05, 3.63) is 29.8 Å². The first-order valence-electron chi connectivity index (χ1n) is 4.89. The van der Waals surface area contributed by atoms with Gasteiger partial charge in [0.05, 0.1) is 5.71 Å². The number of anilines is 1. The fourth-order valence-corrected chi connectivity index (χ4v) is 1.66. The third-order valence-corrected chi connectivity index (χ3v) is 2.47. The van der Waals surface area contributed by atoms with Crippen molar-refractivity contribution in [1.29, 1.82) is 0 Å². The van der Waals surface area contributed by atoms with Gasteiger partial charge in [-0.05, 0) is 17.7 Å². The van der Waals surface area contributed by atoms with Gasteiger partial charge in [-0.2, -0.15) is 5.10 Å². The Hall–Kier alpha value is -1.55. The van der Waals surface area contributed by atoms with Crippen LogP contribution >= 0.6 is 12.4 Å². The van der Waals surface area contributed by atoms with Crippen molar-refractivity contribution < 1.29 is 4.79 Å². The van der Waals surface area contributed by atoms with E-state index in [9.17, 15) is 4.79 Å². The lowest BCUT2D eigenvalue weighted by Gasteiger charge is -2.19. The smallest absolute Gasteiger partial charge is 0.240 e. The summed E-state index contributed by atoms with van der Waals surface area (Å²) < 4.78 is 0. The Kier molecular flexibility index (Phi) is 3.90. The molecule has 1 atom stereocenters. The van der Waals surface area contributed by atoms with E-state index in [2.05, 4.69) is 10.5 Å². The minimum absolute atomic E-state index is 0. The molecule has 5 heteroatoms. The van der Waals surface area contributed by atoms with Crippen LogP contribution in [-0.2, 0) is 4.79 Å². The molecule has 0 radical (unpaired) electrons. The number of hydrogen-bond donors (Lipinski definition) is 2. The maximum absolute atomic E-state index is 11.1. The van der Waals surface area contributed by atoms with Gasteiger partial charge in [-0.1, -0.05) is 19.1 Å². The highest BCUT2D eigenvalue weighted by atomic mass is 35.5. The van der Waals surface area contributed by atoms with Gasteiger partial charge < -0.3 is 5.73 Å². The SMILES string of the molecule is CC1CC(=O)NN=C1c1ccc(N)cc1.Cl. The van der Waals surface area contributed by atoms with E-state index in [4.69, 9.17) is 5.73 Å². The Morgan fingerprint density at radius 3 is 2.56 bits per heavy atom. The van der Waals surface area contributed by atoms with Gasteiger partial charge in [0, 0.05) is 18.0 Å². The van der Waals surface area contributed by atoms with Crippen molar-refractivity contribution in [1.82, 2.24) is 5.43 Å². The van der Waals surface area contributed by atoms with Crippen LogP contribution in [0.25, 0.3) is 0 Å². The molecule has 0 spiro atoms. The van der Waals surface area contributed by atoms with Crippen molar-refractivity contribution in [3.8, 4) is 0 Å². The first-order valence-corrected chi connectivity index (χ1v) is 4.89. The number of halogens is 1. The maximum atomic E-state index is 11.1. The second-order valence-electron chi connectivity index (χ2n) is 3.76. The summed E-state index contributed by atoms with van der Waals surface area (Å²) in [5.74, 6) is 0.129. The van der Waals surface area contributed by atoms with E-state index in [-0.39, 0.29) is 24.2 Å². The number of hydrazone groups is 1. The fraction of sp³-hybridized carbons (Fsp3) is 0.273. The summed E-state index contributed by atoms with van der Waals surface area (Å²) in [5.41, 5.74) is 10.7. The van der Waals surface area contributed by atoms with Crippen LogP contribution in [-0.4, -0.2) is 11.6 Å². The van der Waals surface area contributed by atoms with E-state index in [1.54, 1.807) is 0 Å². The largest absolute Gasteiger partial charge is 0.399 e. The average molecular weight is 240 g/mol. The highest BCUT2D eigenvalue weighted by Crippen LogP contribution is 2.17. The number of nitrogens with one attached hydrogen (secondary N) is 1. The minimum Gasteiger partial charge on any atom is -0.399 e. The second-order valence-corrected chi connectivity index (χ2v) is 3.76. The zero-order valence-corrected chi connectivity index (χ0v) is 9.75. The van der Waals surface area contributed by atoms with Crippen molar-refractivity contribution in [2.75, 3.05) is 5.73 Å². The normalized spacial score (nSPS) is 19.4. The number of nitrogen functional groups attached to an aromatic ring is 1. The van der Waals surface area contributed by atoms with Gasteiger partial charge in [0.15, 0.2) is 0 Å². The molecule has 3 N–H and O–H groups in total. The van der Waals surface area contributed by atoms with Gasteiger partial charge in [-0.3, -0.25) is 4.79 Å². The number of hydrogen-bond acceptors (Lipinski definition) is 3. The highest BCUT2D eigenvalue weighted by molar-refractivity contribution is 6.05. The van der Waals surface area contributed by atoms with Gasteiger partial charge in [0.25, 0.3) is 0 Å². The molecule has 1 aliphatic rings. The van der Waals surface area contributed by atoms with Crippen LogP contribution in [0.1, 0.15) is 18.9 Å². The predicted octanol–water partition coefficient (Wildman–Crippen LogP) is 1.55. The molecule has 4 nitrogen and oxygen atoms in total. The van der Waals surface area contributed by atoms with Crippen molar-refractivity contribution in [2.45, 2.75) is 13.3 Å². The quantitative estimate of drug-likeness (QED) is 0.731. The molecule has 16 heavy (non-hydrogen) atoms. The molecule has 1 amide bonds. The summed E-state index contributed by atoms with van der Waals surface area (Å²) in [4.78, 5) is 11.1. The molecule has 1 unspecified atom stereocenters. The summed E-state index contributed by atoms with van der Waals surface area (Å²) in [6.45, 7) is 1.99. The van der Waals surface area contributed by atoms with Crippen LogP contribution in [0.2, 0.25) is 0 Å². The highest BCUT2D eigenvalue weighted by Gasteiger charge is 2.21. The van der Waals surface area contributed by atoms with Gasteiger partial charge in [0.2, 0.25) is 5.91 Å². The zero-order chi connectivity index (χ0) is 10.8. The number of carbonyl (C=O) groups excluding carboxylic acids is 1. The second kappa shape index (κ2) is 4.99. The summed E-state index contributed by atoms with van der Waals surface area (Å²) in [6.07, 6.45) is 0.489. The Morgan fingerprint density at radius 2 is 2.00 bits per heavy atom. The van der Waals surface area contributed by atoms with Crippen LogP contribution in [0.4, 0.5) is 5.69 Å². The summed E-state index contributed by atoms with van der Waals surface area (Å²) >= 11 is 0. The molecular weight excluding hydrogens is 226 g/mol. The first-order chi connectivity index (χ1) is 7.16. The molecule has 1 heterocycles. The zero-order valence-electron chi connectivity index (χ0n) is 8.93. The number of carbonyl (C=O) groups is 1. The van der Waals surface area contributed by atoms with E-state index in [0.29, 0.717) is 6.42 Å². The monoisotopic (exact) mass is 239 g/mol. The maximum Gasteiger partial charge on any atom is 0.240 e. The van der Waals surface area contributed by atoms with Crippen molar-refractivity contribution in [2.24, 2.45) is 11.0 Å². The van der Waals surface area contributed by atoms with Crippen LogP contribution in [0.5, 0.6) is 0 Å². The number of benzene rings is 1. The fourth-order valence-electron chi connectivity index (χ4n) is 1.66. The lowest BCUT2D eigenvalue weighted by Crippen LogP contribution is -2.31. The Balaban J connectivity index is 0.00000128. The third kappa shape index (κ3) is 2.52. The van der Waals surface area contributed by atoms with Crippen LogP contribution in [0.15, 0.2) is 29.4 Å². The molecule has 2 rings (SSSR count). The average Bonchev–Trinajstić information content (AvgIpc) is 2.20. The van der Waals surface area contributed by atoms with E-state index >= 15 is 0 Å². The number of rotatable bonds is 1. The summed E-state index contributed by atoms with van der Waals surface area (Å²) in [6, 6.07) is 7.51. The summed E-state index contributed by atoms with van der Waals surface area (Å²) in [7, 11) is 0. The molecule has 0 saturated carbocycles. The van der Waals surface area contributed by atoms with E-state index in [1.807, 2.05) is 31.2 Å². The molecule has 1 aliphatic heterocycles. The van der Waals surface area contributed by atoms with Gasteiger partial charge in [-0.25, -0.2) is 5.43 Å². The number of nitrogens with zero attached hydrogens (tertiary/aromatic N) is 1. The molecule has 0 aliphatic carbocycles. The molecule has 0 bridgehead atoms. The predicted molar refractivity (Wildman–Crippen MR) is 66.6 cm³/mol. The van der Waals surface area contributed by atoms with E-state index < -0.39 is 0 Å². The molecular formula is C11H14ClN3O. The minimum atomic E-state index is -0.0262. The molecule has 86 valence electrons. The number of nitrogens with two attached hydrogens (primary N) is 1. The van der Waals surface area contributed by atoms with Crippen molar-refractivity contribution >= 4 is 29.7 Å². The molecule has 0 fully saturated rings. The van der Waals surface area contributed by atoms with E-state index in [1.165, 1.54) is 0 Å². The molecule has 0 saturated heterocycles. The van der Waals surface area contributed by atoms with Gasteiger partial charge in [-0.15, -0.1) is 12.4 Å².